The van der Waals surface area contributed by atoms with E-state index in [2.05, 4.69) is 60.3 Å². The van der Waals surface area contributed by atoms with Gasteiger partial charge in [-0.2, -0.15) is 5.10 Å². The quantitative estimate of drug-likeness (QED) is 0.410. The van der Waals surface area contributed by atoms with E-state index in [1.54, 1.807) is 12.4 Å². The van der Waals surface area contributed by atoms with E-state index in [1.165, 1.54) is 5.69 Å². The Labute approximate surface area is 228 Å². The van der Waals surface area contributed by atoms with E-state index in [0.29, 0.717) is 11.4 Å². The summed E-state index contributed by atoms with van der Waals surface area (Å²) in [6, 6.07) is 12.0. The van der Waals surface area contributed by atoms with E-state index < -0.39 is 0 Å². The van der Waals surface area contributed by atoms with Crippen LogP contribution in [0.4, 0.5) is 11.6 Å². The summed E-state index contributed by atoms with van der Waals surface area (Å²) in [5, 5.41) is 9.50. The molecule has 1 N–H and O–H groups in total. The minimum Gasteiger partial charge on any atom is -0.379 e. The predicted molar refractivity (Wildman–Crippen MR) is 152 cm³/mol. The molecule has 0 bridgehead atoms. The lowest BCUT2D eigenvalue weighted by atomic mass is 10.0. The summed E-state index contributed by atoms with van der Waals surface area (Å²) in [6.45, 7) is 8.09. The van der Waals surface area contributed by atoms with Gasteiger partial charge in [0.1, 0.15) is 11.6 Å². The lowest BCUT2D eigenvalue weighted by Crippen LogP contribution is -2.44. The fraction of sp³-hybridized carbons (Fsp3) is 0.379. The van der Waals surface area contributed by atoms with Gasteiger partial charge in [0.15, 0.2) is 0 Å². The van der Waals surface area contributed by atoms with Crippen LogP contribution < -0.4 is 10.2 Å². The molecule has 3 aromatic heterocycles. The second-order valence-electron chi connectivity index (χ2n) is 10.3. The van der Waals surface area contributed by atoms with Crippen LogP contribution >= 0.6 is 0 Å². The molecule has 2 fully saturated rings. The highest BCUT2D eigenvalue weighted by Gasteiger charge is 2.18. The number of morpholine rings is 1. The van der Waals surface area contributed by atoms with Crippen LogP contribution in [0, 0.1) is 0 Å². The molecule has 2 saturated heterocycles. The lowest BCUT2D eigenvalue weighted by Gasteiger charge is -2.33. The number of hydrogen-bond donors (Lipinski definition) is 1. The number of pyridine rings is 2. The number of nitrogens with one attached hydrogen (secondary N) is 1. The van der Waals surface area contributed by atoms with Gasteiger partial charge in [-0.3, -0.25) is 14.4 Å². The largest absolute Gasteiger partial charge is 0.379 e. The van der Waals surface area contributed by atoms with E-state index in [4.69, 9.17) is 4.74 Å². The molecule has 0 radical (unpaired) electrons. The Kier molecular flexibility index (Phi) is 7.23. The molecule has 0 aliphatic carbocycles. The van der Waals surface area contributed by atoms with Crippen molar-refractivity contribution in [2.75, 3.05) is 69.7 Å². The van der Waals surface area contributed by atoms with E-state index in [0.717, 1.165) is 86.7 Å². The van der Waals surface area contributed by atoms with Crippen molar-refractivity contribution in [3.63, 3.8) is 0 Å². The Morgan fingerprint density at radius 2 is 1.72 bits per heavy atom. The van der Waals surface area contributed by atoms with Crippen molar-refractivity contribution in [2.45, 2.75) is 6.54 Å². The smallest absolute Gasteiger partial charge is 0.258 e. The number of carbonyl (C=O) groups is 1. The van der Waals surface area contributed by atoms with Gasteiger partial charge < -0.3 is 19.9 Å². The number of carbonyl (C=O) groups excluding carboxylic acids is 1. The molecule has 10 heteroatoms. The summed E-state index contributed by atoms with van der Waals surface area (Å²) in [6.07, 6.45) is 5.36. The molecule has 1 amide bonds. The van der Waals surface area contributed by atoms with Crippen molar-refractivity contribution < 1.29 is 9.53 Å². The van der Waals surface area contributed by atoms with Crippen LogP contribution in [0.3, 0.4) is 0 Å². The zero-order valence-electron chi connectivity index (χ0n) is 22.5. The summed E-state index contributed by atoms with van der Waals surface area (Å²) < 4.78 is 7.46. The molecular formula is C29H34N8O2. The van der Waals surface area contributed by atoms with Crippen molar-refractivity contribution in [3.8, 4) is 11.1 Å². The average Bonchev–Trinajstić information content (AvgIpc) is 3.33. The van der Waals surface area contributed by atoms with Crippen LogP contribution in [0.15, 0.2) is 55.0 Å². The molecule has 0 spiro atoms. The van der Waals surface area contributed by atoms with Gasteiger partial charge in [0, 0.05) is 76.2 Å². The first-order valence-corrected chi connectivity index (χ1v) is 13.5. The number of aryl methyl sites for hydroxylation is 1. The third-order valence-corrected chi connectivity index (χ3v) is 7.65. The molecule has 0 unspecified atom stereocenters. The molecule has 39 heavy (non-hydrogen) atoms. The number of benzene rings is 1. The first kappa shape index (κ1) is 25.4. The van der Waals surface area contributed by atoms with Gasteiger partial charge in [0.25, 0.3) is 5.91 Å². The number of anilines is 2. The van der Waals surface area contributed by atoms with E-state index in [9.17, 15) is 4.79 Å². The number of fused-ring (bicyclic) bond motifs is 1. The number of nitrogens with zero attached hydrogens (tertiary/aromatic N) is 7. The van der Waals surface area contributed by atoms with Gasteiger partial charge in [-0.05, 0) is 42.3 Å². The molecule has 1 aromatic carbocycles. The summed E-state index contributed by atoms with van der Waals surface area (Å²) in [4.78, 5) is 28.9. The van der Waals surface area contributed by atoms with Crippen LogP contribution in [0.25, 0.3) is 21.9 Å². The molecule has 0 saturated carbocycles. The van der Waals surface area contributed by atoms with E-state index in [-0.39, 0.29) is 5.91 Å². The Morgan fingerprint density at radius 3 is 2.49 bits per heavy atom. The highest BCUT2D eigenvalue weighted by atomic mass is 16.5. The van der Waals surface area contributed by atoms with E-state index >= 15 is 0 Å². The Bertz CT molecular complexity index is 1450. The fourth-order valence-electron chi connectivity index (χ4n) is 5.17. The normalized spacial score (nSPS) is 17.0. The fourth-order valence-corrected chi connectivity index (χ4v) is 5.17. The Balaban J connectivity index is 1.18. The minimum absolute atomic E-state index is 0.226. The maximum atomic E-state index is 13.0. The molecule has 6 rings (SSSR count). The van der Waals surface area contributed by atoms with Gasteiger partial charge >= 0.3 is 0 Å². The number of hydrogen-bond acceptors (Lipinski definition) is 8. The number of piperazine rings is 1. The number of ether oxygens (including phenoxy) is 1. The van der Waals surface area contributed by atoms with Crippen molar-refractivity contribution in [1.82, 2.24) is 29.5 Å². The monoisotopic (exact) mass is 526 g/mol. The van der Waals surface area contributed by atoms with Crippen molar-refractivity contribution in [3.05, 3.63) is 66.2 Å². The van der Waals surface area contributed by atoms with Crippen LogP contribution in [0.2, 0.25) is 0 Å². The number of aromatic nitrogens is 4. The molecule has 10 nitrogen and oxygen atoms in total. The second kappa shape index (κ2) is 11.1. The van der Waals surface area contributed by atoms with Gasteiger partial charge in [-0.15, -0.1) is 0 Å². The Hall–Kier alpha value is -3.86. The predicted octanol–water partition coefficient (Wildman–Crippen LogP) is 2.87. The molecular weight excluding hydrogens is 492 g/mol. The zero-order chi connectivity index (χ0) is 26.8. The summed E-state index contributed by atoms with van der Waals surface area (Å²) in [5.74, 6) is 1.18. The minimum atomic E-state index is -0.226. The van der Waals surface area contributed by atoms with Gasteiger partial charge in [-0.25, -0.2) is 9.97 Å². The third-order valence-electron chi connectivity index (χ3n) is 7.65. The number of amides is 1. The summed E-state index contributed by atoms with van der Waals surface area (Å²) >= 11 is 0. The number of likely N-dealkylation sites (N-methyl/N-ethyl adjacent to an activating group) is 1. The van der Waals surface area contributed by atoms with Crippen molar-refractivity contribution in [2.24, 2.45) is 7.05 Å². The van der Waals surface area contributed by atoms with Gasteiger partial charge in [0.05, 0.1) is 30.7 Å². The highest BCUT2D eigenvalue weighted by molar-refractivity contribution is 6.04. The first-order valence-electron chi connectivity index (χ1n) is 13.5. The van der Waals surface area contributed by atoms with Gasteiger partial charge in [-0.1, -0.05) is 12.1 Å². The SMILES string of the molecule is CN1CCN(c2ccc(C(=O)Nc3cc4cc(-c5cnn(C)c5CN5CCOCC5)ccc4cn3)cn2)CC1. The zero-order valence-corrected chi connectivity index (χ0v) is 22.5. The van der Waals surface area contributed by atoms with Crippen LogP contribution in [0.1, 0.15) is 16.1 Å². The van der Waals surface area contributed by atoms with Crippen LogP contribution in [0.5, 0.6) is 0 Å². The summed E-state index contributed by atoms with van der Waals surface area (Å²) in [5.41, 5.74) is 3.88. The van der Waals surface area contributed by atoms with Crippen LogP contribution in [-0.2, 0) is 18.3 Å². The highest BCUT2D eigenvalue weighted by Crippen LogP contribution is 2.29. The molecule has 0 atom stereocenters. The van der Waals surface area contributed by atoms with Crippen molar-refractivity contribution in [1.29, 1.82) is 0 Å². The average molecular weight is 527 g/mol. The third kappa shape index (κ3) is 5.63. The molecule has 2 aliphatic heterocycles. The molecule has 202 valence electrons. The topological polar surface area (TPSA) is 91.7 Å². The standard InChI is InChI=1S/C29H34N8O2/c1-34-7-9-37(10-8-34)28-6-5-23(18-31-28)29(38)33-27-16-24-15-21(3-4-22(24)17-30-27)25-19-32-35(2)26(25)20-36-11-13-39-14-12-36/h3-6,15-19H,7-14,20H2,1-2H3,(H,30,33,38). The van der Waals surface area contributed by atoms with Gasteiger partial charge in [0.2, 0.25) is 0 Å². The molecule has 5 heterocycles. The number of rotatable bonds is 6. The van der Waals surface area contributed by atoms with Crippen LogP contribution in [-0.4, -0.2) is 95.0 Å². The Morgan fingerprint density at radius 1 is 0.897 bits per heavy atom. The second-order valence-corrected chi connectivity index (χ2v) is 10.3. The maximum absolute atomic E-state index is 13.0. The maximum Gasteiger partial charge on any atom is 0.258 e. The lowest BCUT2D eigenvalue weighted by molar-refractivity contribution is 0.0332. The molecule has 2 aliphatic rings. The van der Waals surface area contributed by atoms with Crippen molar-refractivity contribution >= 4 is 28.3 Å². The van der Waals surface area contributed by atoms with E-state index in [1.807, 2.05) is 36.1 Å². The molecule has 4 aromatic rings. The summed E-state index contributed by atoms with van der Waals surface area (Å²) in [7, 11) is 4.12. The first-order chi connectivity index (χ1) is 19.0.